The Balaban J connectivity index is 1.71. The number of halogens is 2. The molecule has 2 fully saturated rings. The van der Waals surface area contributed by atoms with Crippen molar-refractivity contribution in [2.75, 3.05) is 6.54 Å². The highest BCUT2D eigenvalue weighted by atomic mass is 35.5. The zero-order valence-electron chi connectivity index (χ0n) is 12.0. The number of rotatable bonds is 6. The zero-order chi connectivity index (χ0) is 14.1. The van der Waals surface area contributed by atoms with Crippen molar-refractivity contribution in [3.8, 4) is 0 Å². The van der Waals surface area contributed by atoms with Crippen molar-refractivity contribution in [2.45, 2.75) is 45.1 Å². The van der Waals surface area contributed by atoms with Crippen molar-refractivity contribution < 1.29 is 4.39 Å². The Kier molecular flexibility index (Phi) is 4.32. The van der Waals surface area contributed by atoms with Gasteiger partial charge in [-0.05, 0) is 61.6 Å². The molecule has 0 bridgehead atoms. The molecule has 0 aromatic heterocycles. The molecule has 0 amide bonds. The Bertz CT molecular complexity index is 466. The Morgan fingerprint density at radius 1 is 1.35 bits per heavy atom. The van der Waals surface area contributed by atoms with E-state index in [-0.39, 0.29) is 5.82 Å². The number of fused-ring (bicyclic) bond motifs is 1. The van der Waals surface area contributed by atoms with Crippen LogP contribution in [0, 0.1) is 23.6 Å². The Hall–Kier alpha value is -0.600. The van der Waals surface area contributed by atoms with Gasteiger partial charge in [-0.1, -0.05) is 37.1 Å². The molecule has 0 heterocycles. The Morgan fingerprint density at radius 2 is 2.10 bits per heavy atom. The first-order valence-corrected chi connectivity index (χ1v) is 8.26. The second kappa shape index (κ2) is 6.03. The second-order valence-electron chi connectivity index (χ2n) is 6.31. The summed E-state index contributed by atoms with van der Waals surface area (Å²) in [4.78, 5) is 0. The Morgan fingerprint density at radius 3 is 2.80 bits per heavy atom. The van der Waals surface area contributed by atoms with Gasteiger partial charge in [-0.2, -0.15) is 0 Å². The number of hydrogen-bond donors (Lipinski definition) is 1. The minimum atomic E-state index is -0.297. The summed E-state index contributed by atoms with van der Waals surface area (Å²) >= 11 is 6.11. The Labute approximate surface area is 125 Å². The minimum Gasteiger partial charge on any atom is -0.313 e. The topological polar surface area (TPSA) is 12.0 Å². The van der Waals surface area contributed by atoms with Crippen molar-refractivity contribution in [1.29, 1.82) is 0 Å². The van der Waals surface area contributed by atoms with Crippen LogP contribution in [-0.4, -0.2) is 12.6 Å². The van der Waals surface area contributed by atoms with E-state index in [1.54, 1.807) is 6.07 Å². The van der Waals surface area contributed by atoms with Crippen LogP contribution in [0.1, 0.15) is 38.2 Å². The van der Waals surface area contributed by atoms with Crippen molar-refractivity contribution in [3.63, 3.8) is 0 Å². The summed E-state index contributed by atoms with van der Waals surface area (Å²) in [6.45, 7) is 3.22. The molecule has 20 heavy (non-hydrogen) atoms. The molecule has 1 N–H and O–H groups in total. The monoisotopic (exact) mass is 295 g/mol. The van der Waals surface area contributed by atoms with E-state index in [9.17, 15) is 4.39 Å². The van der Waals surface area contributed by atoms with E-state index >= 15 is 0 Å². The lowest BCUT2D eigenvalue weighted by molar-refractivity contribution is 0.403. The standard InChI is InChI=1S/C17H23ClFN/c1-2-9-20-15(16-12-6-4-7-13(12)16)10-11-5-3-8-14(19)17(11)18/h3,5,8,12-13,15-16,20H,2,4,6-7,9-10H2,1H3. The number of nitrogens with one attached hydrogen (secondary N) is 1. The molecule has 0 saturated heterocycles. The minimum absolute atomic E-state index is 0.297. The number of hydrogen-bond acceptors (Lipinski definition) is 1. The van der Waals surface area contributed by atoms with Gasteiger partial charge in [-0.15, -0.1) is 0 Å². The van der Waals surface area contributed by atoms with Gasteiger partial charge in [0.2, 0.25) is 0 Å². The van der Waals surface area contributed by atoms with Gasteiger partial charge in [-0.3, -0.25) is 0 Å². The third-order valence-corrected chi connectivity index (χ3v) is 5.49. The first-order valence-electron chi connectivity index (χ1n) is 7.88. The van der Waals surface area contributed by atoms with Crippen molar-refractivity contribution in [3.05, 3.63) is 34.6 Å². The van der Waals surface area contributed by atoms with Gasteiger partial charge in [0.05, 0.1) is 5.02 Å². The average molecular weight is 296 g/mol. The maximum absolute atomic E-state index is 13.6. The van der Waals surface area contributed by atoms with E-state index in [2.05, 4.69) is 12.2 Å². The van der Waals surface area contributed by atoms with E-state index in [1.807, 2.05) is 6.07 Å². The van der Waals surface area contributed by atoms with Crippen LogP contribution in [0.2, 0.25) is 5.02 Å². The van der Waals surface area contributed by atoms with Crippen LogP contribution in [-0.2, 0) is 6.42 Å². The van der Waals surface area contributed by atoms with Crippen LogP contribution in [0.15, 0.2) is 18.2 Å². The molecular weight excluding hydrogens is 273 g/mol. The summed E-state index contributed by atoms with van der Waals surface area (Å²) in [5, 5.41) is 3.98. The highest BCUT2D eigenvalue weighted by molar-refractivity contribution is 6.31. The van der Waals surface area contributed by atoms with E-state index < -0.39 is 0 Å². The molecule has 2 aliphatic rings. The summed E-state index contributed by atoms with van der Waals surface area (Å²) in [5.41, 5.74) is 0.949. The molecule has 3 unspecified atom stereocenters. The maximum Gasteiger partial charge on any atom is 0.142 e. The summed E-state index contributed by atoms with van der Waals surface area (Å²) in [6, 6.07) is 5.63. The smallest absolute Gasteiger partial charge is 0.142 e. The van der Waals surface area contributed by atoms with E-state index in [0.717, 1.165) is 42.7 Å². The fourth-order valence-corrected chi connectivity index (χ4v) is 4.29. The normalized spacial score (nSPS) is 29.2. The number of benzene rings is 1. The summed E-state index contributed by atoms with van der Waals surface area (Å²) < 4.78 is 13.6. The lowest BCUT2D eigenvalue weighted by Gasteiger charge is -2.21. The maximum atomic E-state index is 13.6. The van der Waals surface area contributed by atoms with Crippen molar-refractivity contribution >= 4 is 11.6 Å². The van der Waals surface area contributed by atoms with Gasteiger partial charge >= 0.3 is 0 Å². The molecule has 2 aliphatic carbocycles. The fraction of sp³-hybridized carbons (Fsp3) is 0.647. The highest BCUT2D eigenvalue weighted by Crippen LogP contribution is 2.59. The molecular formula is C17H23ClFN. The molecule has 2 saturated carbocycles. The van der Waals surface area contributed by atoms with Gasteiger partial charge < -0.3 is 5.32 Å². The van der Waals surface area contributed by atoms with Gasteiger partial charge in [-0.25, -0.2) is 4.39 Å². The van der Waals surface area contributed by atoms with Crippen LogP contribution < -0.4 is 5.32 Å². The van der Waals surface area contributed by atoms with Gasteiger partial charge in [0, 0.05) is 6.04 Å². The van der Waals surface area contributed by atoms with E-state index in [1.165, 1.54) is 25.3 Å². The average Bonchev–Trinajstić information content (AvgIpc) is 2.92. The van der Waals surface area contributed by atoms with Gasteiger partial charge in [0.1, 0.15) is 5.82 Å². The van der Waals surface area contributed by atoms with Crippen LogP contribution in [0.5, 0.6) is 0 Å². The first kappa shape index (κ1) is 14.3. The van der Waals surface area contributed by atoms with Crippen molar-refractivity contribution in [1.82, 2.24) is 5.32 Å². The molecule has 1 aromatic rings. The third kappa shape index (κ3) is 2.73. The molecule has 110 valence electrons. The fourth-order valence-electron chi connectivity index (χ4n) is 4.09. The quantitative estimate of drug-likeness (QED) is 0.818. The predicted molar refractivity (Wildman–Crippen MR) is 81.5 cm³/mol. The van der Waals surface area contributed by atoms with E-state index in [0.29, 0.717) is 11.1 Å². The van der Waals surface area contributed by atoms with Crippen LogP contribution in [0.25, 0.3) is 0 Å². The van der Waals surface area contributed by atoms with Crippen LogP contribution in [0.3, 0.4) is 0 Å². The predicted octanol–water partition coefficient (Wildman–Crippen LogP) is 4.44. The summed E-state index contributed by atoms with van der Waals surface area (Å²) in [6.07, 6.45) is 6.16. The highest BCUT2D eigenvalue weighted by Gasteiger charge is 2.55. The van der Waals surface area contributed by atoms with Gasteiger partial charge in [0.25, 0.3) is 0 Å². The van der Waals surface area contributed by atoms with Crippen molar-refractivity contribution in [2.24, 2.45) is 17.8 Å². The molecule has 3 heteroatoms. The SMILES string of the molecule is CCCNC(Cc1cccc(F)c1Cl)C1C2CCCC21. The van der Waals surface area contributed by atoms with E-state index in [4.69, 9.17) is 11.6 Å². The molecule has 3 atom stereocenters. The summed E-state index contributed by atoms with van der Waals surface area (Å²) in [5.74, 6) is 2.32. The first-order chi connectivity index (χ1) is 9.72. The lowest BCUT2D eigenvalue weighted by atomic mass is 9.97. The molecule has 3 rings (SSSR count). The second-order valence-corrected chi connectivity index (χ2v) is 6.69. The lowest BCUT2D eigenvalue weighted by Crippen LogP contribution is -2.35. The van der Waals surface area contributed by atoms with Crippen LogP contribution >= 0.6 is 11.6 Å². The molecule has 0 radical (unpaired) electrons. The molecule has 1 nitrogen and oxygen atoms in total. The molecule has 1 aromatic carbocycles. The van der Waals surface area contributed by atoms with Crippen LogP contribution in [0.4, 0.5) is 4.39 Å². The molecule has 0 aliphatic heterocycles. The third-order valence-electron chi connectivity index (χ3n) is 5.07. The molecule has 0 spiro atoms. The zero-order valence-corrected chi connectivity index (χ0v) is 12.8. The largest absolute Gasteiger partial charge is 0.313 e. The van der Waals surface area contributed by atoms with Gasteiger partial charge in [0.15, 0.2) is 0 Å². The summed E-state index contributed by atoms with van der Waals surface area (Å²) in [7, 11) is 0.